The van der Waals surface area contributed by atoms with Crippen molar-refractivity contribution in [3.8, 4) is 11.5 Å². The second-order valence-electron chi connectivity index (χ2n) is 6.53. The Morgan fingerprint density at radius 1 is 1.00 bits per heavy atom. The van der Waals surface area contributed by atoms with Gasteiger partial charge in [0.1, 0.15) is 16.4 Å². The molecule has 7 heteroatoms. The molecule has 0 atom stereocenters. The van der Waals surface area contributed by atoms with Crippen LogP contribution in [0.1, 0.15) is 18.4 Å². The Hall–Kier alpha value is -2.25. The highest BCUT2D eigenvalue weighted by Crippen LogP contribution is 2.28. The van der Waals surface area contributed by atoms with Gasteiger partial charge in [-0.3, -0.25) is 0 Å². The summed E-state index contributed by atoms with van der Waals surface area (Å²) in [5, 5.41) is 0. The second-order valence-corrected chi connectivity index (χ2v) is 8.26. The lowest BCUT2D eigenvalue weighted by atomic mass is 10.1. The molecule has 0 spiro atoms. The quantitative estimate of drug-likeness (QED) is 0.751. The molecular formula is C20H26N2O4S. The van der Waals surface area contributed by atoms with Crippen LogP contribution in [0.5, 0.6) is 11.5 Å². The Bertz CT molecular complexity index is 860. The zero-order chi connectivity index (χ0) is 19.3. The summed E-state index contributed by atoms with van der Waals surface area (Å²) in [6.45, 7) is 2.54. The van der Waals surface area contributed by atoms with Crippen LogP contribution in [0, 0.1) is 0 Å². The average Bonchev–Trinajstić information content (AvgIpc) is 3.22. The van der Waals surface area contributed by atoms with E-state index in [-0.39, 0.29) is 4.90 Å². The molecule has 6 nitrogen and oxygen atoms in total. The largest absolute Gasteiger partial charge is 0.497 e. The lowest BCUT2D eigenvalue weighted by Crippen LogP contribution is -2.26. The topological polar surface area (TPSA) is 67.9 Å². The first-order chi connectivity index (χ1) is 13.0. The first-order valence-corrected chi connectivity index (χ1v) is 10.6. The zero-order valence-corrected chi connectivity index (χ0v) is 16.6. The molecule has 0 saturated carbocycles. The smallest absolute Gasteiger partial charge is 0.244 e. The number of sulfonamides is 1. The van der Waals surface area contributed by atoms with Crippen LogP contribution in [0.3, 0.4) is 0 Å². The molecule has 3 rings (SSSR count). The number of benzene rings is 2. The Morgan fingerprint density at radius 3 is 2.33 bits per heavy atom. The number of hydrogen-bond acceptors (Lipinski definition) is 5. The third kappa shape index (κ3) is 4.73. The molecule has 0 radical (unpaired) electrons. The van der Waals surface area contributed by atoms with E-state index in [9.17, 15) is 8.42 Å². The number of anilines is 1. The molecule has 146 valence electrons. The molecule has 1 fully saturated rings. The fourth-order valence-corrected chi connectivity index (χ4v) is 4.46. The van der Waals surface area contributed by atoms with Gasteiger partial charge in [0.05, 0.1) is 14.2 Å². The molecular weight excluding hydrogens is 364 g/mol. The highest BCUT2D eigenvalue weighted by atomic mass is 32.2. The van der Waals surface area contributed by atoms with E-state index in [2.05, 4.69) is 33.9 Å². The number of nitrogens with zero attached hydrogens (tertiary/aromatic N) is 1. The molecule has 1 saturated heterocycles. The van der Waals surface area contributed by atoms with Crippen LogP contribution in [0.25, 0.3) is 0 Å². The highest BCUT2D eigenvalue weighted by Gasteiger charge is 2.20. The third-order valence-corrected chi connectivity index (χ3v) is 6.26. The van der Waals surface area contributed by atoms with Gasteiger partial charge in [-0.2, -0.15) is 0 Å². The van der Waals surface area contributed by atoms with E-state index in [4.69, 9.17) is 9.47 Å². The SMILES string of the molecule is COc1ccc(OC)c(S(=O)(=O)NCCc2ccc(N3CCCC3)cc2)c1. The van der Waals surface area contributed by atoms with Crippen molar-refractivity contribution in [1.29, 1.82) is 0 Å². The predicted molar refractivity (Wildman–Crippen MR) is 106 cm³/mol. The lowest BCUT2D eigenvalue weighted by Gasteiger charge is -2.17. The van der Waals surface area contributed by atoms with Crippen molar-refractivity contribution in [1.82, 2.24) is 4.72 Å². The minimum atomic E-state index is -3.69. The Morgan fingerprint density at radius 2 is 1.70 bits per heavy atom. The van der Waals surface area contributed by atoms with Crippen LogP contribution in [-0.2, 0) is 16.4 Å². The molecule has 1 aliphatic rings. The monoisotopic (exact) mass is 390 g/mol. The summed E-state index contributed by atoms with van der Waals surface area (Å²) in [6, 6.07) is 13.1. The molecule has 0 bridgehead atoms. The van der Waals surface area contributed by atoms with E-state index in [0.717, 1.165) is 18.7 Å². The van der Waals surface area contributed by atoms with E-state index in [1.165, 1.54) is 38.8 Å². The van der Waals surface area contributed by atoms with Crippen molar-refractivity contribution in [3.63, 3.8) is 0 Å². The molecule has 2 aromatic carbocycles. The van der Waals surface area contributed by atoms with E-state index < -0.39 is 10.0 Å². The molecule has 1 N–H and O–H groups in total. The van der Waals surface area contributed by atoms with E-state index in [0.29, 0.717) is 24.5 Å². The highest BCUT2D eigenvalue weighted by molar-refractivity contribution is 7.89. The maximum Gasteiger partial charge on any atom is 0.244 e. The number of nitrogens with one attached hydrogen (secondary N) is 1. The molecule has 0 aromatic heterocycles. The van der Waals surface area contributed by atoms with Crippen LogP contribution in [0.2, 0.25) is 0 Å². The van der Waals surface area contributed by atoms with Gasteiger partial charge in [-0.05, 0) is 49.1 Å². The van der Waals surface area contributed by atoms with Crippen molar-refractivity contribution >= 4 is 15.7 Å². The molecule has 27 heavy (non-hydrogen) atoms. The number of methoxy groups -OCH3 is 2. The fraction of sp³-hybridized carbons (Fsp3) is 0.400. The predicted octanol–water partition coefficient (Wildman–Crippen LogP) is 2.83. The summed E-state index contributed by atoms with van der Waals surface area (Å²) < 4.78 is 38.2. The van der Waals surface area contributed by atoms with Crippen LogP contribution >= 0.6 is 0 Å². The molecule has 0 unspecified atom stereocenters. The number of ether oxygens (including phenoxy) is 2. The van der Waals surface area contributed by atoms with Gasteiger partial charge in [0.25, 0.3) is 0 Å². The van der Waals surface area contributed by atoms with Crippen LogP contribution < -0.4 is 19.1 Å². The van der Waals surface area contributed by atoms with Crippen molar-refractivity contribution in [2.45, 2.75) is 24.2 Å². The second kappa shape index (κ2) is 8.63. The van der Waals surface area contributed by atoms with E-state index >= 15 is 0 Å². The standard InChI is InChI=1S/C20H26N2O4S/c1-25-18-9-10-19(26-2)20(15-18)27(23,24)21-12-11-16-5-7-17(8-6-16)22-13-3-4-14-22/h5-10,15,21H,3-4,11-14H2,1-2H3. The van der Waals surface area contributed by atoms with Crippen LogP contribution in [0.4, 0.5) is 5.69 Å². The number of rotatable bonds is 8. The van der Waals surface area contributed by atoms with Crippen LogP contribution in [-0.4, -0.2) is 42.3 Å². The van der Waals surface area contributed by atoms with Gasteiger partial charge in [-0.25, -0.2) is 13.1 Å². The minimum absolute atomic E-state index is 0.0775. The zero-order valence-electron chi connectivity index (χ0n) is 15.8. The van der Waals surface area contributed by atoms with Gasteiger partial charge < -0.3 is 14.4 Å². The minimum Gasteiger partial charge on any atom is -0.497 e. The van der Waals surface area contributed by atoms with E-state index in [1.807, 2.05) is 0 Å². The summed E-state index contributed by atoms with van der Waals surface area (Å²) in [7, 11) is -0.746. The van der Waals surface area contributed by atoms with Gasteiger partial charge in [0.15, 0.2) is 0 Å². The Labute approximate surface area is 161 Å². The molecule has 1 heterocycles. The maximum atomic E-state index is 12.6. The van der Waals surface area contributed by atoms with Crippen LogP contribution in [0.15, 0.2) is 47.4 Å². The lowest BCUT2D eigenvalue weighted by molar-refractivity contribution is 0.392. The van der Waals surface area contributed by atoms with Gasteiger partial charge in [0, 0.05) is 31.4 Å². The number of hydrogen-bond donors (Lipinski definition) is 1. The fourth-order valence-electron chi connectivity index (χ4n) is 3.25. The Balaban J connectivity index is 1.62. The van der Waals surface area contributed by atoms with Gasteiger partial charge in [0.2, 0.25) is 10.0 Å². The van der Waals surface area contributed by atoms with Crippen molar-refractivity contribution in [2.75, 3.05) is 38.8 Å². The normalized spacial score (nSPS) is 14.4. The molecule has 0 amide bonds. The summed E-state index contributed by atoms with van der Waals surface area (Å²) in [4.78, 5) is 2.45. The van der Waals surface area contributed by atoms with Gasteiger partial charge >= 0.3 is 0 Å². The molecule has 0 aliphatic carbocycles. The molecule has 2 aromatic rings. The van der Waals surface area contributed by atoms with Crippen molar-refractivity contribution in [2.24, 2.45) is 0 Å². The average molecular weight is 391 g/mol. The molecule has 1 aliphatic heterocycles. The first kappa shape index (κ1) is 19.5. The van der Waals surface area contributed by atoms with Gasteiger partial charge in [-0.1, -0.05) is 12.1 Å². The first-order valence-electron chi connectivity index (χ1n) is 9.09. The third-order valence-electron chi connectivity index (χ3n) is 4.77. The summed E-state index contributed by atoms with van der Waals surface area (Å²) in [5.41, 5.74) is 2.33. The Kier molecular flexibility index (Phi) is 6.23. The summed E-state index contributed by atoms with van der Waals surface area (Å²) in [6.07, 6.45) is 3.11. The van der Waals surface area contributed by atoms with E-state index in [1.54, 1.807) is 12.1 Å². The van der Waals surface area contributed by atoms with Crippen molar-refractivity contribution < 1.29 is 17.9 Å². The van der Waals surface area contributed by atoms with Gasteiger partial charge in [-0.15, -0.1) is 0 Å². The van der Waals surface area contributed by atoms with Crippen molar-refractivity contribution in [3.05, 3.63) is 48.0 Å². The maximum absolute atomic E-state index is 12.6. The summed E-state index contributed by atoms with van der Waals surface area (Å²) >= 11 is 0. The summed E-state index contributed by atoms with van der Waals surface area (Å²) in [5.74, 6) is 0.756.